The monoisotopic (exact) mass is 245 g/mol. The van der Waals surface area contributed by atoms with Crippen molar-refractivity contribution in [3.63, 3.8) is 0 Å². The van der Waals surface area contributed by atoms with Gasteiger partial charge in [-0.2, -0.15) is 5.26 Å². The number of aromatic nitrogens is 1. The first-order valence-corrected chi connectivity index (χ1v) is 6.19. The fraction of sp³-hybridized carbons (Fsp3) is 0.538. The summed E-state index contributed by atoms with van der Waals surface area (Å²) in [7, 11) is 4.15. The lowest BCUT2D eigenvalue weighted by atomic mass is 10.2. The van der Waals surface area contributed by atoms with E-state index in [1.54, 1.807) is 12.3 Å². The van der Waals surface area contributed by atoms with Crippen LogP contribution in [0.1, 0.15) is 18.4 Å². The number of pyridine rings is 1. The molecule has 1 aliphatic heterocycles. The highest BCUT2D eigenvalue weighted by molar-refractivity contribution is 5.64. The summed E-state index contributed by atoms with van der Waals surface area (Å²) in [6.07, 6.45) is 4.04. The molecule has 1 aromatic heterocycles. The molecule has 5 heteroatoms. The Morgan fingerprint density at radius 3 is 3.00 bits per heavy atom. The van der Waals surface area contributed by atoms with Gasteiger partial charge in [-0.25, -0.2) is 4.98 Å². The highest BCUT2D eigenvalue weighted by atomic mass is 15.2. The van der Waals surface area contributed by atoms with E-state index in [0.29, 0.717) is 17.3 Å². The molecule has 1 fully saturated rings. The van der Waals surface area contributed by atoms with Gasteiger partial charge in [0.1, 0.15) is 6.07 Å². The smallest absolute Gasteiger partial charge is 0.151 e. The number of rotatable bonds is 3. The van der Waals surface area contributed by atoms with Gasteiger partial charge in [-0.15, -0.1) is 0 Å². The van der Waals surface area contributed by atoms with E-state index >= 15 is 0 Å². The van der Waals surface area contributed by atoms with Gasteiger partial charge in [-0.05, 0) is 32.5 Å². The van der Waals surface area contributed by atoms with Crippen molar-refractivity contribution in [2.24, 2.45) is 0 Å². The molecule has 1 saturated heterocycles. The normalized spacial score (nSPS) is 19.7. The Balaban J connectivity index is 2.09. The Labute approximate surface area is 108 Å². The predicted molar refractivity (Wildman–Crippen MR) is 72.3 cm³/mol. The second kappa shape index (κ2) is 5.23. The van der Waals surface area contributed by atoms with Crippen LogP contribution in [0.5, 0.6) is 0 Å². The zero-order chi connectivity index (χ0) is 13.1. The Hall–Kier alpha value is -1.80. The minimum atomic E-state index is 0.502. The van der Waals surface area contributed by atoms with Crippen LogP contribution in [0.25, 0.3) is 0 Å². The third-order valence-corrected chi connectivity index (χ3v) is 3.54. The molecule has 0 bridgehead atoms. The number of nitriles is 1. The van der Waals surface area contributed by atoms with Gasteiger partial charge < -0.3 is 15.5 Å². The number of hydrogen-bond donors (Lipinski definition) is 1. The van der Waals surface area contributed by atoms with Gasteiger partial charge in [0.05, 0.1) is 11.3 Å². The van der Waals surface area contributed by atoms with Gasteiger partial charge in [0, 0.05) is 25.8 Å². The van der Waals surface area contributed by atoms with Gasteiger partial charge in [0.25, 0.3) is 0 Å². The second-order valence-corrected chi connectivity index (χ2v) is 4.91. The molecular weight excluding hydrogens is 226 g/mol. The lowest BCUT2D eigenvalue weighted by Gasteiger charge is -2.27. The molecule has 0 spiro atoms. The highest BCUT2D eigenvalue weighted by Crippen LogP contribution is 2.22. The maximum Gasteiger partial charge on any atom is 0.151 e. The average molecular weight is 245 g/mol. The number of nitrogens with zero attached hydrogens (tertiary/aromatic N) is 4. The van der Waals surface area contributed by atoms with Crippen molar-refractivity contribution in [2.75, 3.05) is 37.8 Å². The zero-order valence-electron chi connectivity index (χ0n) is 10.9. The molecule has 96 valence electrons. The topological polar surface area (TPSA) is 69.2 Å². The van der Waals surface area contributed by atoms with Crippen LogP contribution in [0.3, 0.4) is 0 Å². The Morgan fingerprint density at radius 1 is 1.67 bits per heavy atom. The summed E-state index contributed by atoms with van der Waals surface area (Å²) in [6, 6.07) is 4.28. The zero-order valence-corrected chi connectivity index (χ0v) is 10.9. The van der Waals surface area contributed by atoms with E-state index in [4.69, 9.17) is 11.0 Å². The molecule has 2 heterocycles. The summed E-state index contributed by atoms with van der Waals surface area (Å²) in [5.41, 5.74) is 7.01. The van der Waals surface area contributed by atoms with E-state index < -0.39 is 0 Å². The van der Waals surface area contributed by atoms with E-state index in [-0.39, 0.29) is 0 Å². The van der Waals surface area contributed by atoms with Crippen LogP contribution in [0.2, 0.25) is 0 Å². The summed E-state index contributed by atoms with van der Waals surface area (Å²) in [4.78, 5) is 8.72. The number of likely N-dealkylation sites (tertiary alicyclic amines) is 1. The van der Waals surface area contributed by atoms with Crippen molar-refractivity contribution >= 4 is 11.5 Å². The lowest BCUT2D eigenvalue weighted by Crippen LogP contribution is -2.37. The van der Waals surface area contributed by atoms with Gasteiger partial charge in [-0.3, -0.25) is 0 Å². The third-order valence-electron chi connectivity index (χ3n) is 3.54. The van der Waals surface area contributed by atoms with Gasteiger partial charge >= 0.3 is 0 Å². The quantitative estimate of drug-likeness (QED) is 0.862. The van der Waals surface area contributed by atoms with Crippen molar-refractivity contribution in [1.82, 2.24) is 9.88 Å². The molecule has 1 atom stereocenters. The standard InChI is InChI=1S/C13H19N5/c1-17-5-3-4-11(17)9-18(2)13-12(15)6-10(7-14)8-16-13/h6,8,11H,3-5,9,15H2,1-2H3. The van der Waals surface area contributed by atoms with Crippen molar-refractivity contribution in [1.29, 1.82) is 5.26 Å². The molecule has 2 rings (SSSR count). The molecule has 18 heavy (non-hydrogen) atoms. The molecule has 1 aromatic rings. The van der Waals surface area contributed by atoms with E-state index in [2.05, 4.69) is 21.8 Å². The number of nitrogens with two attached hydrogens (primary N) is 1. The minimum absolute atomic E-state index is 0.502. The van der Waals surface area contributed by atoms with Crippen LogP contribution in [-0.4, -0.2) is 43.1 Å². The van der Waals surface area contributed by atoms with E-state index in [1.165, 1.54) is 12.8 Å². The molecule has 5 nitrogen and oxygen atoms in total. The van der Waals surface area contributed by atoms with E-state index in [1.807, 2.05) is 13.1 Å². The number of likely N-dealkylation sites (N-methyl/N-ethyl adjacent to an activating group) is 2. The largest absolute Gasteiger partial charge is 0.396 e. The first kappa shape index (κ1) is 12.7. The Bertz CT molecular complexity index is 465. The maximum atomic E-state index is 8.79. The summed E-state index contributed by atoms with van der Waals surface area (Å²) >= 11 is 0. The van der Waals surface area contributed by atoms with Crippen LogP contribution in [0.15, 0.2) is 12.3 Å². The Morgan fingerprint density at radius 2 is 2.44 bits per heavy atom. The summed E-state index contributed by atoms with van der Waals surface area (Å²) in [5.74, 6) is 0.759. The first-order chi connectivity index (χ1) is 8.61. The number of nitrogen functional groups attached to an aromatic ring is 1. The minimum Gasteiger partial charge on any atom is -0.396 e. The fourth-order valence-corrected chi connectivity index (χ4v) is 2.47. The average Bonchev–Trinajstić information content (AvgIpc) is 2.74. The van der Waals surface area contributed by atoms with Crippen molar-refractivity contribution in [2.45, 2.75) is 18.9 Å². The summed E-state index contributed by atoms with van der Waals surface area (Å²) in [6.45, 7) is 2.08. The van der Waals surface area contributed by atoms with Crippen molar-refractivity contribution in [3.8, 4) is 6.07 Å². The summed E-state index contributed by atoms with van der Waals surface area (Å²) < 4.78 is 0. The molecule has 2 N–H and O–H groups in total. The number of anilines is 2. The van der Waals surface area contributed by atoms with Crippen LogP contribution >= 0.6 is 0 Å². The highest BCUT2D eigenvalue weighted by Gasteiger charge is 2.23. The van der Waals surface area contributed by atoms with E-state index in [0.717, 1.165) is 18.9 Å². The number of hydrogen-bond acceptors (Lipinski definition) is 5. The molecule has 0 aromatic carbocycles. The molecule has 0 amide bonds. The predicted octanol–water partition coefficient (Wildman–Crippen LogP) is 1.07. The molecule has 1 aliphatic rings. The third kappa shape index (κ3) is 2.54. The first-order valence-electron chi connectivity index (χ1n) is 6.19. The van der Waals surface area contributed by atoms with Crippen molar-refractivity contribution < 1.29 is 0 Å². The van der Waals surface area contributed by atoms with Crippen LogP contribution in [-0.2, 0) is 0 Å². The molecule has 0 aliphatic carbocycles. The van der Waals surface area contributed by atoms with Crippen molar-refractivity contribution in [3.05, 3.63) is 17.8 Å². The lowest BCUT2D eigenvalue weighted by molar-refractivity contribution is 0.314. The van der Waals surface area contributed by atoms with Gasteiger partial charge in [0.15, 0.2) is 5.82 Å². The molecule has 0 saturated carbocycles. The summed E-state index contributed by atoms with van der Waals surface area (Å²) in [5, 5.41) is 8.79. The van der Waals surface area contributed by atoms with E-state index in [9.17, 15) is 0 Å². The molecule has 0 radical (unpaired) electrons. The SMILES string of the molecule is CN(CC1CCCN1C)c1ncc(C#N)cc1N. The Kier molecular flexibility index (Phi) is 3.68. The van der Waals surface area contributed by atoms with Gasteiger partial charge in [0.2, 0.25) is 0 Å². The molecular formula is C13H19N5. The van der Waals surface area contributed by atoms with Gasteiger partial charge in [-0.1, -0.05) is 0 Å². The maximum absolute atomic E-state index is 8.79. The fourth-order valence-electron chi connectivity index (χ4n) is 2.47. The van der Waals surface area contributed by atoms with Crippen LogP contribution in [0.4, 0.5) is 11.5 Å². The molecule has 1 unspecified atom stereocenters. The van der Waals surface area contributed by atoms with Crippen LogP contribution in [0, 0.1) is 11.3 Å². The van der Waals surface area contributed by atoms with Crippen LogP contribution < -0.4 is 10.6 Å². The second-order valence-electron chi connectivity index (χ2n) is 4.91.